The molecule has 0 radical (unpaired) electrons. The molecule has 23 heavy (non-hydrogen) atoms. The molecular formula is C17H22FN3O2. The van der Waals surface area contributed by atoms with Gasteiger partial charge in [0.2, 0.25) is 5.91 Å². The van der Waals surface area contributed by atoms with E-state index in [0.29, 0.717) is 5.56 Å². The van der Waals surface area contributed by atoms with Crippen LogP contribution in [0.15, 0.2) is 36.7 Å². The summed E-state index contributed by atoms with van der Waals surface area (Å²) in [6, 6.07) is 6.24. The summed E-state index contributed by atoms with van der Waals surface area (Å²) in [7, 11) is 1.76. The van der Waals surface area contributed by atoms with E-state index in [1.807, 2.05) is 6.92 Å². The molecule has 1 amide bonds. The molecule has 5 nitrogen and oxygen atoms in total. The molecule has 2 atom stereocenters. The Labute approximate surface area is 135 Å². The maximum absolute atomic E-state index is 13.2. The molecule has 124 valence electrons. The lowest BCUT2D eigenvalue weighted by Gasteiger charge is -2.22. The minimum atomic E-state index is -1.19. The number of benzene rings is 1. The number of rotatable bonds is 6. The monoisotopic (exact) mass is 319 g/mol. The van der Waals surface area contributed by atoms with Gasteiger partial charge in [-0.1, -0.05) is 19.1 Å². The van der Waals surface area contributed by atoms with Crippen molar-refractivity contribution in [2.45, 2.75) is 31.8 Å². The Balaban J connectivity index is 1.89. The van der Waals surface area contributed by atoms with E-state index in [9.17, 15) is 14.3 Å². The number of aliphatic hydroxyl groups is 1. The van der Waals surface area contributed by atoms with Gasteiger partial charge in [-0.15, -0.1) is 0 Å². The highest BCUT2D eigenvalue weighted by atomic mass is 19.1. The summed E-state index contributed by atoms with van der Waals surface area (Å²) in [5.41, 5.74) is 0.226. The summed E-state index contributed by atoms with van der Waals surface area (Å²) in [6.07, 6.45) is 3.51. The summed E-state index contributed by atoms with van der Waals surface area (Å²) in [6.45, 7) is 3.58. The first-order valence-electron chi connectivity index (χ1n) is 7.51. The van der Waals surface area contributed by atoms with E-state index >= 15 is 0 Å². The molecule has 6 heteroatoms. The number of aryl methyl sites for hydroxylation is 1. The number of amides is 1. The molecule has 2 N–H and O–H groups in total. The van der Waals surface area contributed by atoms with Crippen molar-refractivity contribution < 1.29 is 14.3 Å². The van der Waals surface area contributed by atoms with Gasteiger partial charge >= 0.3 is 0 Å². The molecule has 1 aromatic heterocycles. The third-order valence-corrected chi connectivity index (χ3v) is 3.87. The van der Waals surface area contributed by atoms with Gasteiger partial charge in [-0.05, 0) is 30.5 Å². The van der Waals surface area contributed by atoms with E-state index in [2.05, 4.69) is 10.4 Å². The predicted octanol–water partition coefficient (Wildman–Crippen LogP) is 2.08. The number of nitrogens with zero attached hydrogens (tertiary/aromatic N) is 2. The minimum absolute atomic E-state index is 0.0907. The Morgan fingerprint density at radius 1 is 1.52 bits per heavy atom. The topological polar surface area (TPSA) is 67.2 Å². The quantitative estimate of drug-likeness (QED) is 0.856. The highest BCUT2D eigenvalue weighted by Gasteiger charge is 2.25. The maximum atomic E-state index is 13.2. The van der Waals surface area contributed by atoms with Crippen LogP contribution < -0.4 is 5.32 Å². The van der Waals surface area contributed by atoms with Crippen molar-refractivity contribution in [2.75, 3.05) is 6.54 Å². The van der Waals surface area contributed by atoms with Gasteiger partial charge in [-0.2, -0.15) is 5.10 Å². The first kappa shape index (κ1) is 17.1. The fourth-order valence-corrected chi connectivity index (χ4v) is 2.35. The van der Waals surface area contributed by atoms with E-state index in [4.69, 9.17) is 0 Å². The van der Waals surface area contributed by atoms with Crippen molar-refractivity contribution >= 4 is 5.91 Å². The van der Waals surface area contributed by atoms with Crippen LogP contribution in [0.5, 0.6) is 0 Å². The number of aromatic nitrogens is 2. The Morgan fingerprint density at radius 3 is 2.87 bits per heavy atom. The lowest BCUT2D eigenvalue weighted by molar-refractivity contribution is -0.122. The van der Waals surface area contributed by atoms with Gasteiger partial charge in [0.05, 0.1) is 12.7 Å². The molecular weight excluding hydrogens is 297 g/mol. The number of hydrogen-bond acceptors (Lipinski definition) is 3. The van der Waals surface area contributed by atoms with E-state index in [-0.39, 0.29) is 30.6 Å². The molecule has 2 unspecified atom stereocenters. The van der Waals surface area contributed by atoms with Crippen LogP contribution in [-0.4, -0.2) is 27.3 Å². The van der Waals surface area contributed by atoms with Gasteiger partial charge < -0.3 is 10.4 Å². The highest BCUT2D eigenvalue weighted by Crippen LogP contribution is 2.21. The van der Waals surface area contributed by atoms with Crippen molar-refractivity contribution in [1.29, 1.82) is 0 Å². The van der Waals surface area contributed by atoms with E-state index in [0.717, 1.165) is 5.56 Å². The fraction of sp³-hybridized carbons (Fsp3) is 0.412. The van der Waals surface area contributed by atoms with Crippen molar-refractivity contribution in [2.24, 2.45) is 7.05 Å². The zero-order chi connectivity index (χ0) is 17.0. The third-order valence-electron chi connectivity index (χ3n) is 3.87. The molecule has 0 fully saturated rings. The Bertz CT molecular complexity index is 682. The van der Waals surface area contributed by atoms with Crippen LogP contribution >= 0.6 is 0 Å². The zero-order valence-electron chi connectivity index (χ0n) is 13.6. The van der Waals surface area contributed by atoms with Gasteiger partial charge in [-0.25, -0.2) is 4.39 Å². The fourth-order valence-electron chi connectivity index (χ4n) is 2.35. The van der Waals surface area contributed by atoms with Gasteiger partial charge in [-0.3, -0.25) is 9.48 Å². The van der Waals surface area contributed by atoms with Crippen molar-refractivity contribution in [3.8, 4) is 0 Å². The molecule has 2 aromatic rings. The maximum Gasteiger partial charge on any atom is 0.220 e. The number of nitrogens with one attached hydrogen (secondary N) is 1. The molecule has 0 aliphatic rings. The average molecular weight is 319 g/mol. The predicted molar refractivity (Wildman–Crippen MR) is 85.2 cm³/mol. The smallest absolute Gasteiger partial charge is 0.220 e. The number of carbonyl (C=O) groups excluding carboxylic acids is 1. The van der Waals surface area contributed by atoms with Crippen molar-refractivity contribution in [1.82, 2.24) is 15.1 Å². The highest BCUT2D eigenvalue weighted by molar-refractivity contribution is 5.76. The Hall–Kier alpha value is -2.21. The number of halogens is 1. The molecule has 0 saturated heterocycles. The van der Waals surface area contributed by atoms with E-state index < -0.39 is 5.60 Å². The van der Waals surface area contributed by atoms with Gasteiger partial charge in [0.15, 0.2) is 0 Å². The van der Waals surface area contributed by atoms with E-state index in [1.54, 1.807) is 43.2 Å². The minimum Gasteiger partial charge on any atom is -0.383 e. The van der Waals surface area contributed by atoms with Crippen LogP contribution in [0.2, 0.25) is 0 Å². The standard InChI is InChI=1S/C17H22FN3O2/c1-12(13-5-4-6-15(18)8-13)7-16(22)19-11-17(2,23)14-9-20-21(3)10-14/h4-6,8-10,12,23H,7,11H2,1-3H3,(H,19,22). The number of hydrogen-bond donors (Lipinski definition) is 2. The first-order valence-corrected chi connectivity index (χ1v) is 7.51. The molecule has 0 saturated carbocycles. The van der Waals surface area contributed by atoms with Crippen LogP contribution in [0.3, 0.4) is 0 Å². The van der Waals surface area contributed by atoms with Crippen LogP contribution in [-0.2, 0) is 17.4 Å². The molecule has 0 bridgehead atoms. The van der Waals surface area contributed by atoms with Crippen molar-refractivity contribution in [3.05, 3.63) is 53.6 Å². The van der Waals surface area contributed by atoms with Gasteiger partial charge in [0.25, 0.3) is 0 Å². The molecule has 2 rings (SSSR count). The summed E-state index contributed by atoms with van der Waals surface area (Å²) in [5.74, 6) is -0.603. The molecule has 0 aliphatic heterocycles. The largest absolute Gasteiger partial charge is 0.383 e. The molecule has 0 spiro atoms. The second kappa shape index (κ2) is 6.91. The summed E-state index contributed by atoms with van der Waals surface area (Å²) in [5, 5.41) is 17.2. The van der Waals surface area contributed by atoms with Crippen LogP contribution in [0, 0.1) is 5.82 Å². The molecule has 1 aromatic carbocycles. The summed E-state index contributed by atoms with van der Waals surface area (Å²) < 4.78 is 14.8. The molecule has 1 heterocycles. The Morgan fingerprint density at radius 2 is 2.26 bits per heavy atom. The van der Waals surface area contributed by atoms with Crippen LogP contribution in [0.4, 0.5) is 4.39 Å². The van der Waals surface area contributed by atoms with Crippen molar-refractivity contribution in [3.63, 3.8) is 0 Å². The van der Waals surface area contributed by atoms with Gasteiger partial charge in [0, 0.05) is 25.2 Å². The van der Waals surface area contributed by atoms with E-state index in [1.165, 1.54) is 12.1 Å². The van der Waals surface area contributed by atoms with Crippen LogP contribution in [0.1, 0.15) is 37.3 Å². The summed E-state index contributed by atoms with van der Waals surface area (Å²) >= 11 is 0. The molecule has 0 aliphatic carbocycles. The average Bonchev–Trinajstić information content (AvgIpc) is 2.93. The second-order valence-electron chi connectivity index (χ2n) is 6.11. The lowest BCUT2D eigenvalue weighted by atomic mass is 9.96. The third kappa shape index (κ3) is 4.63. The zero-order valence-corrected chi connectivity index (χ0v) is 13.6. The lowest BCUT2D eigenvalue weighted by Crippen LogP contribution is -2.38. The van der Waals surface area contributed by atoms with Crippen LogP contribution in [0.25, 0.3) is 0 Å². The SMILES string of the molecule is CC(CC(=O)NCC(C)(O)c1cnn(C)c1)c1cccc(F)c1. The normalized spacial score (nSPS) is 15.0. The summed E-state index contributed by atoms with van der Waals surface area (Å²) in [4.78, 5) is 12.1. The number of carbonyl (C=O) groups is 1. The second-order valence-corrected chi connectivity index (χ2v) is 6.11. The Kier molecular flexibility index (Phi) is 5.15. The van der Waals surface area contributed by atoms with Gasteiger partial charge in [0.1, 0.15) is 11.4 Å². The first-order chi connectivity index (χ1) is 10.8.